The highest BCUT2D eigenvalue weighted by atomic mass is 79.9. The van der Waals surface area contributed by atoms with Crippen LogP contribution >= 0.6 is 15.9 Å². The second-order valence-corrected chi connectivity index (χ2v) is 6.12. The zero-order valence-corrected chi connectivity index (χ0v) is 13.3. The Bertz CT molecular complexity index is 504. The first-order valence-corrected chi connectivity index (χ1v) is 8.32. The number of amides is 1. The molecule has 1 N–H and O–H groups in total. The van der Waals surface area contributed by atoms with Gasteiger partial charge in [-0.1, -0.05) is 28.8 Å². The molecule has 1 aromatic rings. The number of nitro groups is 1. The molecule has 2 unspecified atom stereocenters. The summed E-state index contributed by atoms with van der Waals surface area (Å²) in [5, 5.41) is 14.5. The van der Waals surface area contributed by atoms with Gasteiger partial charge in [-0.3, -0.25) is 14.9 Å². The fraction of sp³-hybridized carbons (Fsp3) is 0.533. The van der Waals surface area contributed by atoms with Crippen molar-refractivity contribution in [1.29, 1.82) is 0 Å². The number of halogens is 1. The molecule has 0 saturated heterocycles. The molecule has 6 heteroatoms. The van der Waals surface area contributed by atoms with Gasteiger partial charge < -0.3 is 5.32 Å². The second kappa shape index (κ2) is 7.54. The topological polar surface area (TPSA) is 72.2 Å². The molecule has 2 atom stereocenters. The van der Waals surface area contributed by atoms with Crippen LogP contribution in [0.2, 0.25) is 0 Å². The fourth-order valence-corrected chi connectivity index (χ4v) is 3.67. The van der Waals surface area contributed by atoms with Crippen molar-refractivity contribution in [2.45, 2.75) is 25.7 Å². The summed E-state index contributed by atoms with van der Waals surface area (Å²) < 4.78 is 0. The highest BCUT2D eigenvalue weighted by Gasteiger charge is 2.24. The molecule has 1 aromatic carbocycles. The Morgan fingerprint density at radius 3 is 2.43 bits per heavy atom. The summed E-state index contributed by atoms with van der Waals surface area (Å²) >= 11 is 3.55. The van der Waals surface area contributed by atoms with Gasteiger partial charge in [0.2, 0.25) is 0 Å². The molecule has 1 aliphatic rings. The van der Waals surface area contributed by atoms with E-state index in [2.05, 4.69) is 21.2 Å². The Morgan fingerprint density at radius 2 is 1.86 bits per heavy atom. The number of nitro benzene ring substituents is 1. The molecule has 1 saturated carbocycles. The minimum Gasteiger partial charge on any atom is -0.352 e. The predicted octanol–water partition coefficient (Wildman–Crippen LogP) is 3.53. The van der Waals surface area contributed by atoms with E-state index in [1.807, 2.05) is 0 Å². The number of hydrogen-bond acceptors (Lipinski definition) is 3. The van der Waals surface area contributed by atoms with Crippen LogP contribution in [-0.4, -0.2) is 22.7 Å². The number of non-ortho nitro benzene ring substituents is 1. The van der Waals surface area contributed by atoms with Crippen molar-refractivity contribution in [3.05, 3.63) is 39.9 Å². The minimum atomic E-state index is -0.468. The summed E-state index contributed by atoms with van der Waals surface area (Å²) in [7, 11) is 0. The van der Waals surface area contributed by atoms with Gasteiger partial charge in [-0.25, -0.2) is 0 Å². The maximum Gasteiger partial charge on any atom is 0.269 e. The maximum absolute atomic E-state index is 12.1. The Hall–Kier alpha value is -1.43. The number of nitrogens with zero attached hydrogens (tertiary/aromatic N) is 1. The smallest absolute Gasteiger partial charge is 0.269 e. The number of nitrogens with one attached hydrogen (secondary N) is 1. The fourth-order valence-electron chi connectivity index (χ4n) is 2.82. The molecule has 1 amide bonds. The van der Waals surface area contributed by atoms with E-state index in [1.54, 1.807) is 0 Å². The highest BCUT2D eigenvalue weighted by molar-refractivity contribution is 9.09. The summed E-state index contributed by atoms with van der Waals surface area (Å²) in [6.45, 7) is 0.673. The number of benzene rings is 1. The first-order valence-electron chi connectivity index (χ1n) is 7.20. The molecular weight excluding hydrogens is 336 g/mol. The average molecular weight is 355 g/mol. The van der Waals surface area contributed by atoms with Crippen LogP contribution in [0.3, 0.4) is 0 Å². The first kappa shape index (κ1) is 15.9. The zero-order valence-electron chi connectivity index (χ0n) is 11.8. The molecule has 5 nitrogen and oxygen atoms in total. The van der Waals surface area contributed by atoms with E-state index >= 15 is 0 Å². The predicted molar refractivity (Wildman–Crippen MR) is 84.7 cm³/mol. The van der Waals surface area contributed by atoms with Crippen LogP contribution in [0.15, 0.2) is 24.3 Å². The molecule has 1 fully saturated rings. The third-order valence-corrected chi connectivity index (χ3v) is 4.96. The number of alkyl halides is 1. The van der Waals surface area contributed by atoms with E-state index in [4.69, 9.17) is 0 Å². The molecule has 21 heavy (non-hydrogen) atoms. The van der Waals surface area contributed by atoms with Crippen molar-refractivity contribution in [2.75, 3.05) is 11.9 Å². The van der Waals surface area contributed by atoms with Gasteiger partial charge in [-0.05, 0) is 36.8 Å². The second-order valence-electron chi connectivity index (χ2n) is 5.47. The minimum absolute atomic E-state index is 0.00168. The van der Waals surface area contributed by atoms with Crippen molar-refractivity contribution in [3.63, 3.8) is 0 Å². The summed E-state index contributed by atoms with van der Waals surface area (Å²) in [6, 6.07) is 5.71. The molecule has 0 radical (unpaired) electrons. The van der Waals surface area contributed by atoms with E-state index in [1.165, 1.54) is 43.5 Å². The molecule has 114 valence electrons. The molecule has 0 aromatic heterocycles. The summed E-state index contributed by atoms with van der Waals surface area (Å²) in [5.41, 5.74) is 0.463. The van der Waals surface area contributed by atoms with Gasteiger partial charge in [0.05, 0.1) is 4.92 Å². The number of rotatable bonds is 5. The van der Waals surface area contributed by atoms with E-state index in [-0.39, 0.29) is 11.6 Å². The lowest BCUT2D eigenvalue weighted by atomic mass is 9.80. The van der Waals surface area contributed by atoms with Crippen LogP contribution in [0.5, 0.6) is 0 Å². The lowest BCUT2D eigenvalue weighted by molar-refractivity contribution is -0.384. The molecule has 0 bridgehead atoms. The summed E-state index contributed by atoms with van der Waals surface area (Å²) in [6.07, 6.45) is 4.85. The molecule has 0 spiro atoms. The van der Waals surface area contributed by atoms with Gasteiger partial charge in [0.1, 0.15) is 0 Å². The largest absolute Gasteiger partial charge is 0.352 e. The SMILES string of the molecule is O=C(NCC1CCCCC1CBr)c1ccc([N+](=O)[O-])cc1. The van der Waals surface area contributed by atoms with Crippen molar-refractivity contribution in [1.82, 2.24) is 5.32 Å². The maximum atomic E-state index is 12.1. The van der Waals surface area contributed by atoms with Gasteiger partial charge in [-0.15, -0.1) is 0 Å². The van der Waals surface area contributed by atoms with Crippen LogP contribution in [0.4, 0.5) is 5.69 Å². The average Bonchev–Trinajstić information content (AvgIpc) is 2.52. The van der Waals surface area contributed by atoms with Crippen molar-refractivity contribution in [2.24, 2.45) is 11.8 Å². The Kier molecular flexibility index (Phi) is 5.73. The molecule has 2 rings (SSSR count). The lowest BCUT2D eigenvalue weighted by Gasteiger charge is -2.30. The number of carbonyl (C=O) groups is 1. The van der Waals surface area contributed by atoms with Crippen LogP contribution in [-0.2, 0) is 0 Å². The third-order valence-electron chi connectivity index (χ3n) is 4.13. The van der Waals surface area contributed by atoms with Crippen LogP contribution in [0.1, 0.15) is 36.0 Å². The van der Waals surface area contributed by atoms with E-state index in [0.717, 1.165) is 11.8 Å². The standard InChI is InChI=1S/C15H19BrN2O3/c16-9-12-3-1-2-4-13(12)10-17-15(19)11-5-7-14(8-6-11)18(20)21/h5-8,12-13H,1-4,9-10H2,(H,17,19). The van der Waals surface area contributed by atoms with Crippen LogP contribution in [0, 0.1) is 22.0 Å². The number of hydrogen-bond donors (Lipinski definition) is 1. The Morgan fingerprint density at radius 1 is 1.24 bits per heavy atom. The van der Waals surface area contributed by atoms with Crippen molar-refractivity contribution in [3.8, 4) is 0 Å². The summed E-state index contributed by atoms with van der Waals surface area (Å²) in [4.78, 5) is 22.2. The van der Waals surface area contributed by atoms with Gasteiger partial charge in [0.15, 0.2) is 0 Å². The van der Waals surface area contributed by atoms with Crippen molar-refractivity contribution >= 4 is 27.5 Å². The van der Waals surface area contributed by atoms with Gasteiger partial charge >= 0.3 is 0 Å². The van der Waals surface area contributed by atoms with Crippen LogP contribution < -0.4 is 5.32 Å². The van der Waals surface area contributed by atoms with E-state index < -0.39 is 4.92 Å². The van der Waals surface area contributed by atoms with E-state index in [9.17, 15) is 14.9 Å². The van der Waals surface area contributed by atoms with Gasteiger partial charge in [-0.2, -0.15) is 0 Å². The highest BCUT2D eigenvalue weighted by Crippen LogP contribution is 2.30. The van der Waals surface area contributed by atoms with Crippen LogP contribution in [0.25, 0.3) is 0 Å². The van der Waals surface area contributed by atoms with Crippen molar-refractivity contribution < 1.29 is 9.72 Å². The lowest BCUT2D eigenvalue weighted by Crippen LogP contribution is -2.34. The normalized spacial score (nSPS) is 21.8. The first-order chi connectivity index (χ1) is 10.1. The Balaban J connectivity index is 1.90. The molecule has 0 heterocycles. The summed E-state index contributed by atoms with van der Waals surface area (Å²) in [5.74, 6) is 0.972. The molecule has 0 aliphatic heterocycles. The third kappa shape index (κ3) is 4.27. The van der Waals surface area contributed by atoms with Gasteiger partial charge in [0, 0.05) is 29.6 Å². The van der Waals surface area contributed by atoms with E-state index in [0.29, 0.717) is 23.9 Å². The molecule has 1 aliphatic carbocycles. The molecular formula is C15H19BrN2O3. The zero-order chi connectivity index (χ0) is 15.2. The monoisotopic (exact) mass is 354 g/mol. The quantitative estimate of drug-likeness (QED) is 0.499. The number of carbonyl (C=O) groups excluding carboxylic acids is 1. The van der Waals surface area contributed by atoms with Gasteiger partial charge in [0.25, 0.3) is 11.6 Å². The Labute approximate surface area is 132 Å².